The number of methoxy groups -OCH3 is 1. The zero-order chi connectivity index (χ0) is 18.4. The largest absolute Gasteiger partial charge is 0.465 e. The average molecular weight is 348 g/mol. The van der Waals surface area contributed by atoms with Crippen molar-refractivity contribution < 1.29 is 14.3 Å². The lowest BCUT2D eigenvalue weighted by Crippen LogP contribution is -2.13. The van der Waals surface area contributed by atoms with Crippen LogP contribution >= 0.6 is 0 Å². The van der Waals surface area contributed by atoms with Crippen molar-refractivity contribution in [3.8, 4) is 0 Å². The maximum absolute atomic E-state index is 12.1. The van der Waals surface area contributed by atoms with E-state index in [9.17, 15) is 9.59 Å². The molecule has 0 saturated carbocycles. The van der Waals surface area contributed by atoms with Gasteiger partial charge in [-0.15, -0.1) is 10.2 Å². The first kappa shape index (κ1) is 17.1. The van der Waals surface area contributed by atoms with Crippen LogP contribution in [0.4, 0.5) is 17.3 Å². The second-order valence-corrected chi connectivity index (χ2v) is 5.29. The Morgan fingerprint density at radius 1 is 0.846 bits per heavy atom. The molecule has 1 aromatic heterocycles. The summed E-state index contributed by atoms with van der Waals surface area (Å²) >= 11 is 0. The van der Waals surface area contributed by atoms with Crippen molar-refractivity contribution in [3.05, 3.63) is 77.9 Å². The summed E-state index contributed by atoms with van der Waals surface area (Å²) < 4.78 is 4.76. The molecule has 0 radical (unpaired) electrons. The van der Waals surface area contributed by atoms with Crippen LogP contribution < -0.4 is 10.6 Å². The molecule has 3 rings (SSSR count). The molecule has 2 aromatic carbocycles. The van der Waals surface area contributed by atoms with Gasteiger partial charge in [-0.05, 0) is 36.4 Å². The Balaban J connectivity index is 1.71. The zero-order valence-electron chi connectivity index (χ0n) is 14.0. The van der Waals surface area contributed by atoms with Crippen molar-refractivity contribution in [1.82, 2.24) is 10.2 Å². The Kier molecular flexibility index (Phi) is 5.19. The smallest absolute Gasteiger partial charge is 0.339 e. The third kappa shape index (κ3) is 4.02. The molecular weight excluding hydrogens is 332 g/mol. The minimum Gasteiger partial charge on any atom is -0.465 e. The van der Waals surface area contributed by atoms with Crippen LogP contribution in [0.15, 0.2) is 66.7 Å². The number of nitrogens with zero attached hydrogens (tertiary/aromatic N) is 2. The summed E-state index contributed by atoms with van der Waals surface area (Å²) in [5.41, 5.74) is 1.47. The second-order valence-electron chi connectivity index (χ2n) is 5.29. The molecule has 0 saturated heterocycles. The number of ether oxygens (including phenoxy) is 1. The Hall–Kier alpha value is -3.74. The maximum Gasteiger partial charge on any atom is 0.339 e. The third-order valence-corrected chi connectivity index (χ3v) is 3.54. The molecule has 3 aromatic rings. The summed E-state index contributed by atoms with van der Waals surface area (Å²) in [5.74, 6) is 0.0363. The van der Waals surface area contributed by atoms with Gasteiger partial charge < -0.3 is 15.4 Å². The van der Waals surface area contributed by atoms with Gasteiger partial charge in [0, 0.05) is 5.56 Å². The molecule has 0 atom stereocenters. The first-order valence-electron chi connectivity index (χ1n) is 7.82. The summed E-state index contributed by atoms with van der Waals surface area (Å²) in [6, 6.07) is 19.0. The van der Waals surface area contributed by atoms with Crippen LogP contribution in [-0.4, -0.2) is 29.2 Å². The molecule has 0 spiro atoms. The van der Waals surface area contributed by atoms with Gasteiger partial charge >= 0.3 is 5.97 Å². The number of para-hydroxylation sites is 1. The quantitative estimate of drug-likeness (QED) is 0.688. The van der Waals surface area contributed by atoms with Crippen molar-refractivity contribution in [2.45, 2.75) is 0 Å². The molecule has 0 aliphatic rings. The molecule has 2 N–H and O–H groups in total. The highest BCUT2D eigenvalue weighted by Crippen LogP contribution is 2.20. The highest BCUT2D eigenvalue weighted by molar-refractivity contribution is 6.03. The van der Waals surface area contributed by atoms with Gasteiger partial charge in [0.25, 0.3) is 5.91 Å². The van der Waals surface area contributed by atoms with Crippen molar-refractivity contribution >= 4 is 29.2 Å². The first-order valence-corrected chi connectivity index (χ1v) is 7.82. The van der Waals surface area contributed by atoms with E-state index in [-0.39, 0.29) is 5.91 Å². The Morgan fingerprint density at radius 2 is 1.50 bits per heavy atom. The molecule has 0 aliphatic carbocycles. The highest BCUT2D eigenvalue weighted by atomic mass is 16.5. The fourth-order valence-electron chi connectivity index (χ4n) is 2.26. The fourth-order valence-corrected chi connectivity index (χ4v) is 2.26. The van der Waals surface area contributed by atoms with Gasteiger partial charge in [0.05, 0.1) is 18.4 Å². The van der Waals surface area contributed by atoms with Crippen LogP contribution in [0.5, 0.6) is 0 Å². The van der Waals surface area contributed by atoms with Gasteiger partial charge in [0.1, 0.15) is 0 Å². The van der Waals surface area contributed by atoms with E-state index in [1.54, 1.807) is 60.7 Å². The zero-order valence-corrected chi connectivity index (χ0v) is 14.0. The Morgan fingerprint density at radius 3 is 2.19 bits per heavy atom. The van der Waals surface area contributed by atoms with Crippen LogP contribution in [0, 0.1) is 0 Å². The summed E-state index contributed by atoms with van der Waals surface area (Å²) in [4.78, 5) is 23.9. The van der Waals surface area contributed by atoms with Crippen molar-refractivity contribution in [2.24, 2.45) is 0 Å². The number of benzene rings is 2. The number of esters is 1. The van der Waals surface area contributed by atoms with Gasteiger partial charge in [-0.3, -0.25) is 4.79 Å². The number of hydrogen-bond acceptors (Lipinski definition) is 6. The van der Waals surface area contributed by atoms with E-state index in [4.69, 9.17) is 4.74 Å². The number of rotatable bonds is 5. The van der Waals surface area contributed by atoms with Crippen LogP contribution in [0.2, 0.25) is 0 Å². The summed E-state index contributed by atoms with van der Waals surface area (Å²) in [6.07, 6.45) is 0. The summed E-state index contributed by atoms with van der Waals surface area (Å²) in [5, 5.41) is 13.7. The monoisotopic (exact) mass is 348 g/mol. The molecular formula is C19H16N4O3. The first-order chi connectivity index (χ1) is 12.7. The van der Waals surface area contributed by atoms with Crippen molar-refractivity contribution in [2.75, 3.05) is 17.7 Å². The summed E-state index contributed by atoms with van der Waals surface area (Å²) in [6.45, 7) is 0. The molecule has 7 heteroatoms. The maximum atomic E-state index is 12.1. The molecule has 1 heterocycles. The molecule has 130 valence electrons. The molecule has 7 nitrogen and oxygen atoms in total. The second kappa shape index (κ2) is 7.89. The third-order valence-electron chi connectivity index (χ3n) is 3.54. The van der Waals surface area contributed by atoms with Crippen molar-refractivity contribution in [3.63, 3.8) is 0 Å². The van der Waals surface area contributed by atoms with Gasteiger partial charge in [-0.2, -0.15) is 0 Å². The van der Waals surface area contributed by atoms with E-state index in [1.165, 1.54) is 7.11 Å². The van der Waals surface area contributed by atoms with E-state index in [0.29, 0.717) is 28.5 Å². The average Bonchev–Trinajstić information content (AvgIpc) is 2.70. The number of aromatic nitrogens is 2. The lowest BCUT2D eigenvalue weighted by molar-refractivity contribution is 0.0601. The van der Waals surface area contributed by atoms with Gasteiger partial charge in [0.2, 0.25) is 0 Å². The molecule has 0 fully saturated rings. The number of nitrogens with one attached hydrogen (secondary N) is 2. The lowest BCUT2D eigenvalue weighted by Gasteiger charge is -2.10. The normalized spacial score (nSPS) is 10.0. The highest BCUT2D eigenvalue weighted by Gasteiger charge is 2.12. The van der Waals surface area contributed by atoms with Gasteiger partial charge in [-0.25, -0.2) is 4.79 Å². The van der Waals surface area contributed by atoms with Gasteiger partial charge in [-0.1, -0.05) is 30.3 Å². The summed E-state index contributed by atoms with van der Waals surface area (Å²) in [7, 11) is 1.32. The number of carbonyl (C=O) groups excluding carboxylic acids is 2. The number of carbonyl (C=O) groups is 2. The Labute approximate surface area is 150 Å². The number of anilines is 3. The van der Waals surface area contributed by atoms with E-state index in [2.05, 4.69) is 20.8 Å². The van der Waals surface area contributed by atoms with E-state index in [0.717, 1.165) is 0 Å². The predicted octanol–water partition coefficient (Wildman–Crippen LogP) is 3.26. The fraction of sp³-hybridized carbons (Fsp3) is 0.0526. The SMILES string of the molecule is COC(=O)c1ccccc1Nc1ccc(NC(=O)c2ccccc2)nn1. The van der Waals surface area contributed by atoms with Crippen LogP contribution in [-0.2, 0) is 4.74 Å². The minimum atomic E-state index is -0.451. The lowest BCUT2D eigenvalue weighted by atomic mass is 10.2. The minimum absolute atomic E-state index is 0.267. The van der Waals surface area contributed by atoms with E-state index in [1.807, 2.05) is 6.07 Å². The molecule has 0 bridgehead atoms. The predicted molar refractivity (Wildman–Crippen MR) is 97.5 cm³/mol. The molecule has 26 heavy (non-hydrogen) atoms. The van der Waals surface area contributed by atoms with E-state index >= 15 is 0 Å². The number of hydrogen-bond donors (Lipinski definition) is 2. The Bertz CT molecular complexity index is 912. The van der Waals surface area contributed by atoms with Crippen LogP contribution in [0.25, 0.3) is 0 Å². The molecule has 0 unspecified atom stereocenters. The van der Waals surface area contributed by atoms with Crippen LogP contribution in [0.1, 0.15) is 20.7 Å². The topological polar surface area (TPSA) is 93.2 Å². The van der Waals surface area contributed by atoms with Crippen molar-refractivity contribution in [1.29, 1.82) is 0 Å². The van der Waals surface area contributed by atoms with Gasteiger partial charge in [0.15, 0.2) is 11.6 Å². The standard InChI is InChI=1S/C19H16N4O3/c1-26-19(25)14-9-5-6-10-15(14)20-16-11-12-17(23-22-16)21-18(24)13-7-3-2-4-8-13/h2-12H,1H3,(H,20,22)(H,21,23,24). The molecule has 0 aliphatic heterocycles. The van der Waals surface area contributed by atoms with E-state index < -0.39 is 5.97 Å². The number of amides is 1. The molecule has 1 amide bonds. The van der Waals surface area contributed by atoms with Crippen LogP contribution in [0.3, 0.4) is 0 Å².